The van der Waals surface area contributed by atoms with Gasteiger partial charge in [-0.1, -0.05) is 20.8 Å². The van der Waals surface area contributed by atoms with E-state index in [4.69, 9.17) is 0 Å². The summed E-state index contributed by atoms with van der Waals surface area (Å²) in [5, 5.41) is 5.78. The Morgan fingerprint density at radius 3 is 2.11 bits per heavy atom. The van der Waals surface area contributed by atoms with E-state index < -0.39 is 0 Å². The van der Waals surface area contributed by atoms with Crippen molar-refractivity contribution in [2.45, 2.75) is 59.5 Å². The SMILES string of the molecule is CC(C)NC(=O)NC1CCN(C(=O)C(C)(C)C)CC1. The van der Waals surface area contributed by atoms with Crippen molar-refractivity contribution in [3.8, 4) is 0 Å². The lowest BCUT2D eigenvalue weighted by Gasteiger charge is -2.36. The van der Waals surface area contributed by atoms with Crippen molar-refractivity contribution in [2.75, 3.05) is 13.1 Å². The molecule has 0 aromatic carbocycles. The maximum absolute atomic E-state index is 12.1. The van der Waals surface area contributed by atoms with Crippen molar-refractivity contribution in [2.24, 2.45) is 5.41 Å². The van der Waals surface area contributed by atoms with E-state index in [1.807, 2.05) is 39.5 Å². The topological polar surface area (TPSA) is 61.4 Å². The molecule has 5 heteroatoms. The van der Waals surface area contributed by atoms with Gasteiger partial charge < -0.3 is 15.5 Å². The van der Waals surface area contributed by atoms with Gasteiger partial charge >= 0.3 is 6.03 Å². The average Bonchev–Trinajstić information content (AvgIpc) is 2.26. The normalized spacial score (nSPS) is 17.5. The van der Waals surface area contributed by atoms with E-state index in [1.165, 1.54) is 0 Å². The molecule has 1 fully saturated rings. The molecule has 1 saturated heterocycles. The molecular formula is C14H27N3O2. The number of amides is 3. The van der Waals surface area contributed by atoms with Crippen molar-refractivity contribution in [3.63, 3.8) is 0 Å². The molecular weight excluding hydrogens is 242 g/mol. The molecule has 19 heavy (non-hydrogen) atoms. The Morgan fingerprint density at radius 1 is 1.16 bits per heavy atom. The van der Waals surface area contributed by atoms with Gasteiger partial charge in [0.15, 0.2) is 0 Å². The number of nitrogens with zero attached hydrogens (tertiary/aromatic N) is 1. The predicted molar refractivity (Wildman–Crippen MR) is 75.9 cm³/mol. The maximum Gasteiger partial charge on any atom is 0.315 e. The van der Waals surface area contributed by atoms with Crippen molar-refractivity contribution < 1.29 is 9.59 Å². The van der Waals surface area contributed by atoms with Gasteiger partial charge in [-0.3, -0.25) is 4.79 Å². The molecule has 0 aromatic rings. The first kappa shape index (κ1) is 15.8. The van der Waals surface area contributed by atoms with Crippen molar-refractivity contribution in [3.05, 3.63) is 0 Å². The molecule has 0 atom stereocenters. The molecule has 1 aliphatic rings. The fourth-order valence-corrected chi connectivity index (χ4v) is 2.19. The van der Waals surface area contributed by atoms with E-state index >= 15 is 0 Å². The summed E-state index contributed by atoms with van der Waals surface area (Å²) in [6, 6.07) is 0.195. The van der Waals surface area contributed by atoms with Crippen LogP contribution in [0.5, 0.6) is 0 Å². The van der Waals surface area contributed by atoms with E-state index in [0.29, 0.717) is 0 Å². The van der Waals surface area contributed by atoms with E-state index in [-0.39, 0.29) is 29.4 Å². The predicted octanol–water partition coefficient (Wildman–Crippen LogP) is 1.73. The molecule has 0 bridgehead atoms. The molecule has 3 amide bonds. The van der Waals surface area contributed by atoms with E-state index in [9.17, 15) is 9.59 Å². The number of carbonyl (C=O) groups is 2. The first-order valence-electron chi connectivity index (χ1n) is 7.06. The molecule has 2 N–H and O–H groups in total. The van der Waals surface area contributed by atoms with Crippen molar-refractivity contribution in [1.82, 2.24) is 15.5 Å². The molecule has 1 heterocycles. The molecule has 0 saturated carbocycles. The number of urea groups is 1. The summed E-state index contributed by atoms with van der Waals surface area (Å²) in [5.74, 6) is 0.192. The van der Waals surface area contributed by atoms with Crippen LogP contribution < -0.4 is 10.6 Å². The zero-order valence-corrected chi connectivity index (χ0v) is 12.7. The second-order valence-electron chi connectivity index (χ2n) is 6.59. The smallest absolute Gasteiger partial charge is 0.315 e. The highest BCUT2D eigenvalue weighted by Crippen LogP contribution is 2.20. The molecule has 0 spiro atoms. The number of rotatable bonds is 2. The first-order chi connectivity index (χ1) is 8.70. The first-order valence-corrected chi connectivity index (χ1v) is 7.06. The standard InChI is InChI=1S/C14H27N3O2/c1-10(2)15-13(19)16-11-6-8-17(9-7-11)12(18)14(3,4)5/h10-11H,6-9H2,1-5H3,(H2,15,16,19). The molecule has 1 aliphatic heterocycles. The quantitative estimate of drug-likeness (QED) is 0.802. The number of nitrogens with one attached hydrogen (secondary N) is 2. The second-order valence-corrected chi connectivity index (χ2v) is 6.59. The van der Waals surface area contributed by atoms with E-state index in [2.05, 4.69) is 10.6 Å². The lowest BCUT2D eigenvalue weighted by Crippen LogP contribution is -2.51. The highest BCUT2D eigenvalue weighted by Gasteiger charge is 2.30. The van der Waals surface area contributed by atoms with Crippen LogP contribution in [0.2, 0.25) is 0 Å². The van der Waals surface area contributed by atoms with Gasteiger partial charge in [0.2, 0.25) is 5.91 Å². The highest BCUT2D eigenvalue weighted by molar-refractivity contribution is 5.81. The van der Waals surface area contributed by atoms with Crippen LogP contribution in [-0.4, -0.2) is 42.0 Å². The Kier molecular flexibility index (Phi) is 5.20. The van der Waals surface area contributed by atoms with Crippen LogP contribution in [0.25, 0.3) is 0 Å². The lowest BCUT2D eigenvalue weighted by atomic mass is 9.93. The molecule has 0 aliphatic carbocycles. The number of hydrogen-bond donors (Lipinski definition) is 2. The van der Waals surface area contributed by atoms with Crippen LogP contribution in [0.3, 0.4) is 0 Å². The summed E-state index contributed by atoms with van der Waals surface area (Å²) in [4.78, 5) is 25.6. The van der Waals surface area contributed by atoms with Gasteiger partial charge in [-0.15, -0.1) is 0 Å². The fourth-order valence-electron chi connectivity index (χ4n) is 2.19. The second kappa shape index (κ2) is 6.26. The largest absolute Gasteiger partial charge is 0.342 e. The van der Waals surface area contributed by atoms with Crippen molar-refractivity contribution >= 4 is 11.9 Å². The van der Waals surface area contributed by atoms with Gasteiger partial charge in [-0.05, 0) is 26.7 Å². The van der Waals surface area contributed by atoms with Gasteiger partial charge in [0.05, 0.1) is 0 Å². The van der Waals surface area contributed by atoms with Crippen LogP contribution in [0.4, 0.5) is 4.79 Å². The number of piperidine rings is 1. The van der Waals surface area contributed by atoms with Gasteiger partial charge in [0, 0.05) is 30.6 Å². The minimum Gasteiger partial charge on any atom is -0.342 e. The Bertz CT molecular complexity index is 326. The fraction of sp³-hybridized carbons (Fsp3) is 0.857. The molecule has 0 unspecified atom stereocenters. The third kappa shape index (κ3) is 5.09. The summed E-state index contributed by atoms with van der Waals surface area (Å²) >= 11 is 0. The third-order valence-corrected chi connectivity index (χ3v) is 3.18. The van der Waals surface area contributed by atoms with E-state index in [0.717, 1.165) is 25.9 Å². The van der Waals surface area contributed by atoms with Crippen LogP contribution in [0.15, 0.2) is 0 Å². The third-order valence-electron chi connectivity index (χ3n) is 3.18. The summed E-state index contributed by atoms with van der Waals surface area (Å²) in [7, 11) is 0. The Morgan fingerprint density at radius 2 is 1.68 bits per heavy atom. The lowest BCUT2D eigenvalue weighted by molar-refractivity contribution is -0.140. The molecule has 5 nitrogen and oxygen atoms in total. The van der Waals surface area contributed by atoms with Crippen molar-refractivity contribution in [1.29, 1.82) is 0 Å². The van der Waals surface area contributed by atoms with E-state index in [1.54, 1.807) is 0 Å². The number of likely N-dealkylation sites (tertiary alicyclic amines) is 1. The van der Waals surface area contributed by atoms with Gasteiger partial charge in [-0.2, -0.15) is 0 Å². The summed E-state index contributed by atoms with van der Waals surface area (Å²) in [6.45, 7) is 11.1. The average molecular weight is 269 g/mol. The number of carbonyl (C=O) groups excluding carboxylic acids is 2. The zero-order chi connectivity index (χ0) is 14.6. The molecule has 0 aromatic heterocycles. The maximum atomic E-state index is 12.1. The van der Waals surface area contributed by atoms with Gasteiger partial charge in [0.25, 0.3) is 0 Å². The van der Waals surface area contributed by atoms with Crippen LogP contribution in [0, 0.1) is 5.41 Å². The summed E-state index contributed by atoms with van der Waals surface area (Å²) < 4.78 is 0. The van der Waals surface area contributed by atoms with Crippen LogP contribution in [-0.2, 0) is 4.79 Å². The number of hydrogen-bond acceptors (Lipinski definition) is 2. The zero-order valence-electron chi connectivity index (χ0n) is 12.7. The molecule has 1 rings (SSSR count). The Balaban J connectivity index is 2.37. The van der Waals surface area contributed by atoms with Gasteiger partial charge in [0.1, 0.15) is 0 Å². The monoisotopic (exact) mass is 269 g/mol. The van der Waals surface area contributed by atoms with Crippen LogP contribution in [0.1, 0.15) is 47.5 Å². The minimum atomic E-state index is -0.324. The summed E-state index contributed by atoms with van der Waals surface area (Å²) in [5.41, 5.74) is -0.324. The van der Waals surface area contributed by atoms with Crippen LogP contribution >= 0.6 is 0 Å². The Labute approximate surface area is 116 Å². The van der Waals surface area contributed by atoms with Gasteiger partial charge in [-0.25, -0.2) is 4.79 Å². The molecule has 110 valence electrons. The Hall–Kier alpha value is -1.26. The molecule has 0 radical (unpaired) electrons. The minimum absolute atomic E-state index is 0.115. The summed E-state index contributed by atoms with van der Waals surface area (Å²) in [6.07, 6.45) is 1.65. The highest BCUT2D eigenvalue weighted by atomic mass is 16.2.